The highest BCUT2D eigenvalue weighted by Gasteiger charge is 2.46. The van der Waals surface area contributed by atoms with Crippen LogP contribution in [0.1, 0.15) is 43.5 Å². The van der Waals surface area contributed by atoms with Gasteiger partial charge in [0.1, 0.15) is 0 Å². The Morgan fingerprint density at radius 1 is 1.04 bits per heavy atom. The third kappa shape index (κ3) is 3.27. The third-order valence-electron chi connectivity index (χ3n) is 4.87. The standard InChI is InChI=1S/C23H25NO3/c1-14-11-12-15(2)17(13-14)24-19(16-9-7-6-8-10-16)18(20(25)22(24)27)21(26)23(3,4)5/h6-13,19,25H,1-5H3. The minimum Gasteiger partial charge on any atom is -0.503 e. The number of nitrogens with zero attached hydrogens (tertiary/aromatic N) is 1. The monoisotopic (exact) mass is 363 g/mol. The Hall–Kier alpha value is -2.88. The number of aliphatic hydroxyl groups excluding tert-OH is 1. The highest BCUT2D eigenvalue weighted by atomic mass is 16.3. The summed E-state index contributed by atoms with van der Waals surface area (Å²) >= 11 is 0. The van der Waals surface area contributed by atoms with E-state index in [4.69, 9.17) is 0 Å². The van der Waals surface area contributed by atoms with Gasteiger partial charge in [-0.1, -0.05) is 63.2 Å². The van der Waals surface area contributed by atoms with Crippen molar-refractivity contribution in [1.29, 1.82) is 0 Å². The van der Waals surface area contributed by atoms with Gasteiger partial charge in [-0.3, -0.25) is 14.5 Å². The summed E-state index contributed by atoms with van der Waals surface area (Å²) in [6, 6.07) is 14.6. The molecule has 4 nitrogen and oxygen atoms in total. The number of carbonyl (C=O) groups excluding carboxylic acids is 2. The molecule has 4 heteroatoms. The maximum atomic E-state index is 13.1. The quantitative estimate of drug-likeness (QED) is 0.851. The zero-order valence-electron chi connectivity index (χ0n) is 16.4. The highest BCUT2D eigenvalue weighted by Crippen LogP contribution is 2.44. The molecule has 0 bridgehead atoms. The molecular weight excluding hydrogens is 338 g/mol. The van der Waals surface area contributed by atoms with Crippen molar-refractivity contribution >= 4 is 17.4 Å². The van der Waals surface area contributed by atoms with Crippen molar-refractivity contribution in [2.45, 2.75) is 40.7 Å². The molecule has 1 aliphatic rings. The smallest absolute Gasteiger partial charge is 0.294 e. The zero-order chi connectivity index (χ0) is 19.9. The fraction of sp³-hybridized carbons (Fsp3) is 0.304. The molecule has 0 saturated carbocycles. The molecule has 0 aromatic heterocycles. The first kappa shape index (κ1) is 18.9. The molecule has 2 aromatic rings. The second-order valence-corrected chi connectivity index (χ2v) is 8.12. The van der Waals surface area contributed by atoms with Crippen molar-refractivity contribution in [3.63, 3.8) is 0 Å². The van der Waals surface area contributed by atoms with Crippen molar-refractivity contribution in [3.8, 4) is 0 Å². The maximum absolute atomic E-state index is 13.1. The van der Waals surface area contributed by atoms with Gasteiger partial charge in [-0.15, -0.1) is 0 Å². The number of benzene rings is 2. The van der Waals surface area contributed by atoms with E-state index in [1.165, 1.54) is 0 Å². The number of amides is 1. The lowest BCUT2D eigenvalue weighted by molar-refractivity contribution is -0.123. The number of aryl methyl sites for hydroxylation is 2. The average molecular weight is 363 g/mol. The summed E-state index contributed by atoms with van der Waals surface area (Å²) in [6.45, 7) is 9.26. The van der Waals surface area contributed by atoms with E-state index in [9.17, 15) is 14.7 Å². The van der Waals surface area contributed by atoms with Crippen LogP contribution in [0.15, 0.2) is 59.9 Å². The van der Waals surface area contributed by atoms with Gasteiger partial charge in [0.2, 0.25) is 0 Å². The first-order valence-corrected chi connectivity index (χ1v) is 9.06. The Morgan fingerprint density at radius 2 is 1.67 bits per heavy atom. The topological polar surface area (TPSA) is 57.6 Å². The number of hydrogen-bond acceptors (Lipinski definition) is 3. The Morgan fingerprint density at radius 3 is 2.26 bits per heavy atom. The van der Waals surface area contributed by atoms with Gasteiger partial charge in [0, 0.05) is 11.1 Å². The average Bonchev–Trinajstić information content (AvgIpc) is 2.88. The van der Waals surface area contributed by atoms with Gasteiger partial charge in [0.05, 0.1) is 11.6 Å². The number of anilines is 1. The number of hydrogen-bond donors (Lipinski definition) is 1. The Balaban J connectivity index is 2.25. The molecule has 0 fully saturated rings. The van der Waals surface area contributed by atoms with Gasteiger partial charge in [-0.2, -0.15) is 0 Å². The minimum absolute atomic E-state index is 0.166. The molecule has 27 heavy (non-hydrogen) atoms. The van der Waals surface area contributed by atoms with Crippen LogP contribution in [-0.2, 0) is 9.59 Å². The molecule has 3 rings (SSSR count). The first-order chi connectivity index (χ1) is 12.6. The third-order valence-corrected chi connectivity index (χ3v) is 4.87. The zero-order valence-corrected chi connectivity index (χ0v) is 16.4. The summed E-state index contributed by atoms with van der Waals surface area (Å²) in [5.41, 5.74) is 2.87. The summed E-state index contributed by atoms with van der Waals surface area (Å²) < 4.78 is 0. The SMILES string of the molecule is Cc1ccc(C)c(N2C(=O)C(O)=C(C(=O)C(C)(C)C)C2c2ccccc2)c1. The van der Waals surface area contributed by atoms with Crippen molar-refractivity contribution in [1.82, 2.24) is 0 Å². The van der Waals surface area contributed by atoms with Crippen molar-refractivity contribution < 1.29 is 14.7 Å². The van der Waals surface area contributed by atoms with Crippen molar-refractivity contribution in [2.24, 2.45) is 5.41 Å². The predicted molar refractivity (Wildman–Crippen MR) is 107 cm³/mol. The van der Waals surface area contributed by atoms with Gasteiger partial charge in [0.25, 0.3) is 5.91 Å². The highest BCUT2D eigenvalue weighted by molar-refractivity contribution is 6.17. The number of aliphatic hydroxyl groups is 1. The summed E-state index contributed by atoms with van der Waals surface area (Å²) in [7, 11) is 0. The van der Waals surface area contributed by atoms with Crippen LogP contribution in [0.25, 0.3) is 0 Å². The second kappa shape index (κ2) is 6.69. The fourth-order valence-electron chi connectivity index (χ4n) is 3.42. The fourth-order valence-corrected chi connectivity index (χ4v) is 3.42. The maximum Gasteiger partial charge on any atom is 0.294 e. The van der Waals surface area contributed by atoms with E-state index in [2.05, 4.69) is 0 Å². The molecule has 1 atom stereocenters. The van der Waals surface area contributed by atoms with Gasteiger partial charge < -0.3 is 5.11 Å². The summed E-state index contributed by atoms with van der Waals surface area (Å²) in [6.07, 6.45) is 0. The van der Waals surface area contributed by atoms with E-state index in [1.807, 2.05) is 62.4 Å². The minimum atomic E-state index is -0.714. The Labute approximate surface area is 160 Å². The molecule has 1 unspecified atom stereocenters. The van der Waals surface area contributed by atoms with Gasteiger partial charge in [-0.05, 0) is 36.6 Å². The molecule has 140 valence electrons. The molecule has 1 aliphatic heterocycles. The van der Waals surface area contributed by atoms with E-state index in [0.29, 0.717) is 5.69 Å². The molecule has 1 N–H and O–H groups in total. The molecular formula is C23H25NO3. The van der Waals surface area contributed by atoms with Crippen LogP contribution >= 0.6 is 0 Å². The molecule has 0 aliphatic carbocycles. The predicted octanol–water partition coefficient (Wildman–Crippen LogP) is 4.82. The second-order valence-electron chi connectivity index (χ2n) is 8.12. The van der Waals surface area contributed by atoms with Crippen LogP contribution in [0.4, 0.5) is 5.69 Å². The normalized spacial score (nSPS) is 17.6. The molecule has 0 radical (unpaired) electrons. The van der Waals surface area contributed by atoms with E-state index in [0.717, 1.165) is 16.7 Å². The number of rotatable bonds is 3. The number of Topliss-reactive ketones (excluding diaryl/α,β-unsaturated/α-hetero) is 1. The van der Waals surface area contributed by atoms with Gasteiger partial charge in [0.15, 0.2) is 11.5 Å². The number of carbonyl (C=O) groups is 2. The van der Waals surface area contributed by atoms with Crippen LogP contribution in [0.5, 0.6) is 0 Å². The Bertz CT molecular complexity index is 936. The lowest BCUT2D eigenvalue weighted by atomic mass is 9.82. The van der Waals surface area contributed by atoms with Crippen molar-refractivity contribution in [2.75, 3.05) is 4.90 Å². The molecule has 2 aromatic carbocycles. The van der Waals surface area contributed by atoms with E-state index in [-0.39, 0.29) is 11.4 Å². The molecule has 1 amide bonds. The molecule has 0 saturated heterocycles. The van der Waals surface area contributed by atoms with E-state index < -0.39 is 23.1 Å². The Kier molecular flexibility index (Phi) is 4.68. The van der Waals surface area contributed by atoms with Crippen LogP contribution in [0.2, 0.25) is 0 Å². The van der Waals surface area contributed by atoms with Gasteiger partial charge in [-0.25, -0.2) is 0 Å². The van der Waals surface area contributed by atoms with Crippen LogP contribution < -0.4 is 4.90 Å². The van der Waals surface area contributed by atoms with E-state index >= 15 is 0 Å². The summed E-state index contributed by atoms with van der Waals surface area (Å²) in [4.78, 5) is 27.7. The molecule has 1 heterocycles. The summed E-state index contributed by atoms with van der Waals surface area (Å²) in [5, 5.41) is 10.7. The first-order valence-electron chi connectivity index (χ1n) is 9.06. The largest absolute Gasteiger partial charge is 0.503 e. The lowest BCUT2D eigenvalue weighted by Crippen LogP contribution is -2.33. The van der Waals surface area contributed by atoms with Crippen LogP contribution in [0.3, 0.4) is 0 Å². The van der Waals surface area contributed by atoms with E-state index in [1.54, 1.807) is 25.7 Å². The van der Waals surface area contributed by atoms with Crippen LogP contribution in [0, 0.1) is 19.3 Å². The van der Waals surface area contributed by atoms with Gasteiger partial charge >= 0.3 is 0 Å². The van der Waals surface area contributed by atoms with Crippen molar-refractivity contribution in [3.05, 3.63) is 76.6 Å². The number of ketones is 1. The summed E-state index contributed by atoms with van der Waals surface area (Å²) in [5.74, 6) is -1.22. The molecule has 0 spiro atoms. The van der Waals surface area contributed by atoms with Crippen LogP contribution in [-0.4, -0.2) is 16.8 Å². The lowest BCUT2D eigenvalue weighted by Gasteiger charge is -2.30.